The summed E-state index contributed by atoms with van der Waals surface area (Å²) in [7, 11) is 1.95. The summed E-state index contributed by atoms with van der Waals surface area (Å²) in [5, 5.41) is 3.17. The van der Waals surface area contributed by atoms with Crippen LogP contribution in [-0.2, 0) is 6.54 Å². The molecule has 100 valence electrons. The van der Waals surface area contributed by atoms with Crippen molar-refractivity contribution in [1.82, 2.24) is 10.3 Å². The lowest BCUT2D eigenvalue weighted by atomic mass is 9.85. The second-order valence-electron chi connectivity index (χ2n) is 5.12. The van der Waals surface area contributed by atoms with Gasteiger partial charge >= 0.3 is 0 Å². The number of hydrogen-bond acceptors (Lipinski definition) is 3. The quantitative estimate of drug-likeness (QED) is 0.869. The summed E-state index contributed by atoms with van der Waals surface area (Å²) in [6, 6.07) is 1.99. The molecule has 1 fully saturated rings. The van der Waals surface area contributed by atoms with E-state index in [1.807, 2.05) is 25.5 Å². The second kappa shape index (κ2) is 6.74. The number of nitrogens with one attached hydrogen (secondary N) is 1. The number of rotatable bonds is 5. The van der Waals surface area contributed by atoms with Gasteiger partial charge in [0.25, 0.3) is 0 Å². The van der Waals surface area contributed by atoms with Crippen LogP contribution in [0.15, 0.2) is 18.5 Å². The predicted octanol–water partition coefficient (Wildman–Crippen LogP) is 3.15. The Hall–Kier alpha value is -1.09. The first-order valence-corrected chi connectivity index (χ1v) is 7.09. The van der Waals surface area contributed by atoms with Crippen molar-refractivity contribution < 1.29 is 4.74 Å². The molecule has 18 heavy (non-hydrogen) atoms. The number of nitrogens with zero attached hydrogens (tertiary/aromatic N) is 1. The van der Waals surface area contributed by atoms with E-state index < -0.39 is 0 Å². The Labute approximate surface area is 110 Å². The van der Waals surface area contributed by atoms with Crippen molar-refractivity contribution in [3.8, 4) is 5.75 Å². The molecule has 0 saturated heterocycles. The maximum Gasteiger partial charge on any atom is 0.127 e. The van der Waals surface area contributed by atoms with Crippen molar-refractivity contribution in [2.45, 2.75) is 51.7 Å². The fraction of sp³-hybridized carbons (Fsp3) is 0.667. The van der Waals surface area contributed by atoms with Crippen LogP contribution < -0.4 is 10.1 Å². The van der Waals surface area contributed by atoms with Gasteiger partial charge in [0, 0.05) is 24.5 Å². The van der Waals surface area contributed by atoms with E-state index in [0.717, 1.165) is 17.9 Å². The topological polar surface area (TPSA) is 34.1 Å². The molecule has 1 aliphatic rings. The van der Waals surface area contributed by atoms with E-state index in [9.17, 15) is 0 Å². The molecule has 1 saturated carbocycles. The molecule has 3 nitrogen and oxygen atoms in total. The van der Waals surface area contributed by atoms with E-state index >= 15 is 0 Å². The van der Waals surface area contributed by atoms with E-state index in [2.05, 4.69) is 17.2 Å². The summed E-state index contributed by atoms with van der Waals surface area (Å²) >= 11 is 0. The van der Waals surface area contributed by atoms with Gasteiger partial charge in [0.1, 0.15) is 11.9 Å². The van der Waals surface area contributed by atoms with E-state index in [0.29, 0.717) is 12.0 Å². The summed E-state index contributed by atoms with van der Waals surface area (Å²) in [5.41, 5.74) is 1.15. The third-order valence-corrected chi connectivity index (χ3v) is 3.87. The normalized spacial score (nSPS) is 23.9. The molecule has 3 heteroatoms. The minimum Gasteiger partial charge on any atom is -0.490 e. The number of pyridine rings is 1. The van der Waals surface area contributed by atoms with E-state index in [1.165, 1.54) is 32.1 Å². The van der Waals surface area contributed by atoms with Gasteiger partial charge in [-0.15, -0.1) is 0 Å². The molecule has 2 atom stereocenters. The summed E-state index contributed by atoms with van der Waals surface area (Å²) in [6.45, 7) is 3.08. The number of hydrogen-bond donors (Lipinski definition) is 1. The first-order valence-electron chi connectivity index (χ1n) is 7.09. The van der Waals surface area contributed by atoms with Gasteiger partial charge in [0.15, 0.2) is 0 Å². The molecule has 0 aromatic carbocycles. The molecule has 1 aliphatic carbocycles. The van der Waals surface area contributed by atoms with Crippen LogP contribution in [-0.4, -0.2) is 18.1 Å². The van der Waals surface area contributed by atoms with Crippen LogP contribution in [0.5, 0.6) is 5.75 Å². The molecule has 0 aliphatic heterocycles. The molecular formula is C15H24N2O. The van der Waals surface area contributed by atoms with Crippen LogP contribution in [0.4, 0.5) is 0 Å². The molecule has 1 N–H and O–H groups in total. The molecule has 0 spiro atoms. The summed E-state index contributed by atoms with van der Waals surface area (Å²) in [6.07, 6.45) is 10.5. The minimum absolute atomic E-state index is 0.391. The minimum atomic E-state index is 0.391. The van der Waals surface area contributed by atoms with Gasteiger partial charge in [0.2, 0.25) is 0 Å². The van der Waals surface area contributed by atoms with Gasteiger partial charge in [-0.3, -0.25) is 4.98 Å². The first-order chi connectivity index (χ1) is 8.85. The molecule has 2 unspecified atom stereocenters. The zero-order valence-corrected chi connectivity index (χ0v) is 11.5. The average molecular weight is 248 g/mol. The van der Waals surface area contributed by atoms with E-state index in [1.54, 1.807) is 0 Å². The lowest BCUT2D eigenvalue weighted by Gasteiger charge is -2.31. The summed E-state index contributed by atoms with van der Waals surface area (Å²) < 4.78 is 6.26. The molecular weight excluding hydrogens is 224 g/mol. The molecule has 0 radical (unpaired) electrons. The highest BCUT2D eigenvalue weighted by molar-refractivity contribution is 5.30. The molecule has 0 bridgehead atoms. The van der Waals surface area contributed by atoms with Crippen molar-refractivity contribution in [3.05, 3.63) is 24.0 Å². The molecule has 2 rings (SSSR count). The fourth-order valence-electron chi connectivity index (χ4n) is 2.81. The van der Waals surface area contributed by atoms with Gasteiger partial charge in [-0.25, -0.2) is 0 Å². The Morgan fingerprint density at radius 1 is 1.39 bits per heavy atom. The number of aromatic nitrogens is 1. The Bertz CT molecular complexity index is 367. The molecule has 0 amide bonds. The van der Waals surface area contributed by atoms with Crippen molar-refractivity contribution in [2.75, 3.05) is 7.05 Å². The maximum absolute atomic E-state index is 6.26. The van der Waals surface area contributed by atoms with Crippen LogP contribution in [0.3, 0.4) is 0 Å². The largest absolute Gasteiger partial charge is 0.490 e. The van der Waals surface area contributed by atoms with E-state index in [4.69, 9.17) is 4.74 Å². The Morgan fingerprint density at radius 3 is 3.00 bits per heavy atom. The molecule has 1 heterocycles. The van der Waals surface area contributed by atoms with Gasteiger partial charge < -0.3 is 10.1 Å². The molecule has 1 aromatic heterocycles. The smallest absolute Gasteiger partial charge is 0.127 e. The van der Waals surface area contributed by atoms with Gasteiger partial charge in [-0.05, 0) is 44.7 Å². The highest BCUT2D eigenvalue weighted by atomic mass is 16.5. The lowest BCUT2D eigenvalue weighted by Crippen LogP contribution is -2.30. The van der Waals surface area contributed by atoms with Crippen LogP contribution >= 0.6 is 0 Å². The third kappa shape index (κ3) is 3.22. The van der Waals surface area contributed by atoms with Crippen LogP contribution in [0.1, 0.15) is 44.6 Å². The Kier molecular flexibility index (Phi) is 5.00. The Balaban J connectivity index is 2.07. The third-order valence-electron chi connectivity index (χ3n) is 3.87. The highest BCUT2D eigenvalue weighted by Crippen LogP contribution is 2.31. The molecule has 1 aromatic rings. The maximum atomic E-state index is 6.26. The van der Waals surface area contributed by atoms with Crippen LogP contribution in [0.2, 0.25) is 0 Å². The zero-order chi connectivity index (χ0) is 12.8. The van der Waals surface area contributed by atoms with E-state index in [-0.39, 0.29) is 0 Å². The first kappa shape index (κ1) is 13.3. The van der Waals surface area contributed by atoms with Crippen LogP contribution in [0.25, 0.3) is 0 Å². The van der Waals surface area contributed by atoms with Gasteiger partial charge in [-0.2, -0.15) is 0 Å². The Morgan fingerprint density at radius 2 is 2.22 bits per heavy atom. The number of ether oxygens (including phenoxy) is 1. The van der Waals surface area contributed by atoms with Gasteiger partial charge in [0.05, 0.1) is 0 Å². The van der Waals surface area contributed by atoms with Gasteiger partial charge in [-0.1, -0.05) is 13.3 Å². The monoisotopic (exact) mass is 248 g/mol. The SMILES string of the molecule is CCC1CCCCC1Oc1ccncc1CNC. The lowest BCUT2D eigenvalue weighted by molar-refractivity contribution is 0.0892. The fourth-order valence-corrected chi connectivity index (χ4v) is 2.81. The average Bonchev–Trinajstić information content (AvgIpc) is 2.42. The van der Waals surface area contributed by atoms with Crippen molar-refractivity contribution >= 4 is 0 Å². The van der Waals surface area contributed by atoms with Crippen molar-refractivity contribution in [3.63, 3.8) is 0 Å². The highest BCUT2D eigenvalue weighted by Gasteiger charge is 2.25. The summed E-state index contributed by atoms with van der Waals surface area (Å²) in [5.74, 6) is 1.72. The van der Waals surface area contributed by atoms with Crippen molar-refractivity contribution in [2.24, 2.45) is 5.92 Å². The predicted molar refractivity (Wildman–Crippen MR) is 73.7 cm³/mol. The van der Waals surface area contributed by atoms with Crippen molar-refractivity contribution in [1.29, 1.82) is 0 Å². The standard InChI is InChI=1S/C15H24N2O/c1-3-12-6-4-5-7-14(12)18-15-8-9-17-11-13(15)10-16-2/h8-9,11-12,14,16H,3-7,10H2,1-2H3. The zero-order valence-electron chi connectivity index (χ0n) is 11.5. The summed E-state index contributed by atoms with van der Waals surface area (Å²) in [4.78, 5) is 4.18. The second-order valence-corrected chi connectivity index (χ2v) is 5.12. The van der Waals surface area contributed by atoms with Crippen LogP contribution in [0, 0.1) is 5.92 Å².